The van der Waals surface area contributed by atoms with Crippen LogP contribution in [0.1, 0.15) is 59.1 Å². The molecule has 0 saturated carbocycles. The van der Waals surface area contributed by atoms with Crippen molar-refractivity contribution in [1.29, 1.82) is 0 Å². The van der Waals surface area contributed by atoms with E-state index in [1.54, 1.807) is 6.20 Å². The SMILES string of the molecule is CCC(CC)C(=O)/C=C(\O)C(CC)CC.Cc1cc2c(-c3[c-]cc4c(ccc5ccccc54)c3)nccc2o1.[Ir]. The molecule has 0 atom stereocenters. The molecule has 2 aromatic heterocycles. The predicted molar refractivity (Wildman–Crippen MR) is 162 cm³/mol. The Morgan fingerprint density at radius 1 is 0.900 bits per heavy atom. The molecule has 0 amide bonds. The van der Waals surface area contributed by atoms with Gasteiger partial charge in [-0.15, -0.1) is 29.1 Å². The molecule has 1 N–H and O–H groups in total. The Morgan fingerprint density at radius 2 is 1.57 bits per heavy atom. The van der Waals surface area contributed by atoms with Crippen LogP contribution in [0, 0.1) is 24.8 Å². The van der Waals surface area contributed by atoms with Crippen LogP contribution >= 0.6 is 0 Å². The molecule has 0 saturated heterocycles. The first-order chi connectivity index (χ1) is 18.9. The Balaban J connectivity index is 0.000000243. The third-order valence-corrected chi connectivity index (χ3v) is 7.58. The normalized spacial score (nSPS) is 11.6. The Morgan fingerprint density at radius 3 is 2.27 bits per heavy atom. The van der Waals surface area contributed by atoms with E-state index in [-0.39, 0.29) is 43.5 Å². The van der Waals surface area contributed by atoms with Gasteiger partial charge in [0.15, 0.2) is 5.78 Å². The monoisotopic (exact) mass is 713 g/mol. The fourth-order valence-electron chi connectivity index (χ4n) is 5.17. The molecule has 5 aromatic rings. The molecule has 0 spiro atoms. The third-order valence-electron chi connectivity index (χ3n) is 7.58. The second-order valence-corrected chi connectivity index (χ2v) is 10.1. The molecule has 0 aliphatic heterocycles. The van der Waals surface area contributed by atoms with Gasteiger partial charge in [-0.1, -0.05) is 74.9 Å². The zero-order chi connectivity index (χ0) is 27.9. The number of benzene rings is 3. The number of fused-ring (bicyclic) bond motifs is 4. The Hall–Kier alpha value is -3.27. The zero-order valence-corrected chi connectivity index (χ0v) is 26.4. The van der Waals surface area contributed by atoms with Crippen LogP contribution in [0.5, 0.6) is 0 Å². The van der Waals surface area contributed by atoms with E-state index >= 15 is 0 Å². The van der Waals surface area contributed by atoms with Gasteiger partial charge in [-0.3, -0.25) is 4.79 Å². The minimum Gasteiger partial charge on any atom is -0.512 e. The first-order valence-electron chi connectivity index (χ1n) is 14.0. The van der Waals surface area contributed by atoms with Gasteiger partial charge in [0.1, 0.15) is 11.3 Å². The summed E-state index contributed by atoms with van der Waals surface area (Å²) in [4.78, 5) is 16.3. The van der Waals surface area contributed by atoms with Gasteiger partial charge in [0.05, 0.1) is 5.76 Å². The number of hydrogen-bond donors (Lipinski definition) is 1. The summed E-state index contributed by atoms with van der Waals surface area (Å²) in [5.74, 6) is 1.44. The number of furan rings is 1. The van der Waals surface area contributed by atoms with Gasteiger partial charge < -0.3 is 14.5 Å². The van der Waals surface area contributed by atoms with Crippen LogP contribution < -0.4 is 0 Å². The summed E-state index contributed by atoms with van der Waals surface area (Å²) in [6.07, 6.45) is 6.70. The zero-order valence-electron chi connectivity index (χ0n) is 24.0. The molecule has 3 aromatic carbocycles. The Labute approximate surface area is 250 Å². The van der Waals surface area contributed by atoms with E-state index in [9.17, 15) is 9.90 Å². The minimum atomic E-state index is 0. The number of carbonyl (C=O) groups excluding carboxylic acids is 1. The van der Waals surface area contributed by atoms with Gasteiger partial charge in [-0.25, -0.2) is 0 Å². The molecule has 0 fully saturated rings. The van der Waals surface area contributed by atoms with E-state index in [0.717, 1.165) is 53.7 Å². The van der Waals surface area contributed by atoms with Crippen molar-refractivity contribution in [3.05, 3.63) is 90.5 Å². The molecule has 0 unspecified atom stereocenters. The maximum absolute atomic E-state index is 11.7. The first kappa shape index (κ1) is 31.3. The number of aryl methyl sites for hydroxylation is 1. The molecule has 4 nitrogen and oxygen atoms in total. The van der Waals surface area contributed by atoms with Gasteiger partial charge in [0, 0.05) is 49.6 Å². The molecule has 1 radical (unpaired) electrons. The summed E-state index contributed by atoms with van der Waals surface area (Å²) in [6.45, 7) is 10.0. The van der Waals surface area contributed by atoms with Crippen LogP contribution in [0.2, 0.25) is 0 Å². The number of aliphatic hydroxyl groups excluding tert-OH is 1. The van der Waals surface area contributed by atoms with Crippen molar-refractivity contribution in [2.45, 2.75) is 60.3 Å². The summed E-state index contributed by atoms with van der Waals surface area (Å²) < 4.78 is 5.72. The van der Waals surface area contributed by atoms with Crippen LogP contribution in [0.15, 0.2) is 83.1 Å². The van der Waals surface area contributed by atoms with E-state index in [1.807, 2.05) is 46.8 Å². The number of aromatic nitrogens is 1. The van der Waals surface area contributed by atoms with E-state index in [1.165, 1.54) is 27.6 Å². The molecule has 5 heteroatoms. The number of rotatable bonds is 8. The maximum Gasteiger partial charge on any atom is 0.162 e. The fourth-order valence-corrected chi connectivity index (χ4v) is 5.17. The van der Waals surface area contributed by atoms with E-state index < -0.39 is 0 Å². The van der Waals surface area contributed by atoms with Crippen LogP contribution in [-0.2, 0) is 24.9 Å². The van der Waals surface area contributed by atoms with Crippen molar-refractivity contribution in [3.63, 3.8) is 0 Å². The number of carbonyl (C=O) groups is 1. The van der Waals surface area contributed by atoms with Crippen molar-refractivity contribution in [3.8, 4) is 11.3 Å². The van der Waals surface area contributed by atoms with Gasteiger partial charge in [-0.2, -0.15) is 0 Å². The molecule has 2 heterocycles. The predicted octanol–water partition coefficient (Wildman–Crippen LogP) is 9.78. The number of allylic oxidation sites excluding steroid dienone is 2. The van der Waals surface area contributed by atoms with E-state index in [4.69, 9.17) is 4.42 Å². The summed E-state index contributed by atoms with van der Waals surface area (Å²) in [5, 5.41) is 15.7. The van der Waals surface area contributed by atoms with Gasteiger partial charge in [-0.05, 0) is 55.8 Å². The Kier molecular flexibility index (Phi) is 11.2. The second-order valence-electron chi connectivity index (χ2n) is 10.1. The second kappa shape index (κ2) is 14.4. The summed E-state index contributed by atoms with van der Waals surface area (Å²) in [6, 6.07) is 24.4. The van der Waals surface area contributed by atoms with Crippen LogP contribution in [0.3, 0.4) is 0 Å². The van der Waals surface area contributed by atoms with Crippen molar-refractivity contribution in [1.82, 2.24) is 4.98 Å². The Bertz CT molecular complexity index is 1610. The van der Waals surface area contributed by atoms with Crippen molar-refractivity contribution in [2.24, 2.45) is 11.8 Å². The number of aliphatic hydroxyl groups is 1. The van der Waals surface area contributed by atoms with Crippen molar-refractivity contribution < 1.29 is 34.4 Å². The summed E-state index contributed by atoms with van der Waals surface area (Å²) >= 11 is 0. The molecular weight excluding hydrogens is 675 g/mol. The van der Waals surface area contributed by atoms with Crippen LogP contribution in [0.4, 0.5) is 0 Å². The topological polar surface area (TPSA) is 63.3 Å². The van der Waals surface area contributed by atoms with Gasteiger partial charge in [0.2, 0.25) is 0 Å². The van der Waals surface area contributed by atoms with Crippen LogP contribution in [-0.4, -0.2) is 15.9 Å². The van der Waals surface area contributed by atoms with Gasteiger partial charge in [0.25, 0.3) is 0 Å². The van der Waals surface area contributed by atoms with E-state index in [0.29, 0.717) is 0 Å². The van der Waals surface area contributed by atoms with E-state index in [2.05, 4.69) is 59.6 Å². The largest absolute Gasteiger partial charge is 0.512 e. The minimum absolute atomic E-state index is 0. The smallest absolute Gasteiger partial charge is 0.162 e. The molecule has 0 aliphatic rings. The average molecular weight is 713 g/mol. The van der Waals surface area contributed by atoms with Crippen molar-refractivity contribution in [2.75, 3.05) is 0 Å². The average Bonchev–Trinajstić information content (AvgIpc) is 3.34. The molecule has 211 valence electrons. The third kappa shape index (κ3) is 6.89. The quantitative estimate of drug-likeness (QED) is 0.0753. The standard InChI is InChI=1S/C22H14NO.C13H24O2.Ir/c1-14-12-20-21(24-14)10-11-23-22(20)17-8-9-19-16(13-17)7-6-15-4-2-3-5-18(15)19;1-5-10(6-2)12(14)9-13(15)11(7-3)8-4;/h2-7,9-13H,1H3;9-11,14H,5-8H2,1-4H3;/q-1;;/b;12-9-;. The maximum atomic E-state index is 11.7. The number of hydrogen-bond acceptors (Lipinski definition) is 4. The molecule has 5 rings (SSSR count). The molecule has 40 heavy (non-hydrogen) atoms. The number of ketones is 1. The molecule has 0 aliphatic carbocycles. The number of nitrogens with zero attached hydrogens (tertiary/aromatic N) is 1. The fraction of sp³-hybridized carbons (Fsp3) is 0.314. The molecular formula is C35H38IrNO3-. The van der Waals surface area contributed by atoms with Crippen molar-refractivity contribution >= 4 is 38.3 Å². The van der Waals surface area contributed by atoms with Crippen LogP contribution in [0.25, 0.3) is 43.8 Å². The summed E-state index contributed by atoms with van der Waals surface area (Å²) in [7, 11) is 0. The molecule has 0 bridgehead atoms. The summed E-state index contributed by atoms with van der Waals surface area (Å²) in [5.41, 5.74) is 2.77. The van der Waals surface area contributed by atoms with Gasteiger partial charge >= 0.3 is 0 Å². The number of pyridine rings is 1. The first-order valence-corrected chi connectivity index (χ1v) is 14.0.